The van der Waals surface area contributed by atoms with Crippen LogP contribution in [0.5, 0.6) is 0 Å². The summed E-state index contributed by atoms with van der Waals surface area (Å²) < 4.78 is 0. The normalized spacial score (nSPS) is 20.2. The molecular weight excluding hydrogens is 212 g/mol. The van der Waals surface area contributed by atoms with Gasteiger partial charge in [0.25, 0.3) is 11.1 Å². The SMILES string of the molecule is Cc1ccccc1N[C@@H]1SC(=O)NC1=O. The van der Waals surface area contributed by atoms with Crippen molar-refractivity contribution in [3.63, 3.8) is 0 Å². The molecule has 0 aromatic heterocycles. The van der Waals surface area contributed by atoms with Gasteiger partial charge in [0, 0.05) is 5.69 Å². The van der Waals surface area contributed by atoms with Gasteiger partial charge in [-0.15, -0.1) is 0 Å². The molecule has 1 fully saturated rings. The maximum absolute atomic E-state index is 11.3. The minimum Gasteiger partial charge on any atom is -0.365 e. The van der Waals surface area contributed by atoms with Crippen LogP contribution < -0.4 is 10.6 Å². The van der Waals surface area contributed by atoms with E-state index in [1.807, 2.05) is 31.2 Å². The van der Waals surface area contributed by atoms with E-state index < -0.39 is 5.37 Å². The predicted molar refractivity (Wildman–Crippen MR) is 59.7 cm³/mol. The van der Waals surface area contributed by atoms with Gasteiger partial charge in [0.2, 0.25) is 0 Å². The van der Waals surface area contributed by atoms with Crippen molar-refractivity contribution in [2.75, 3.05) is 5.32 Å². The second-order valence-corrected chi connectivity index (χ2v) is 4.31. The molecule has 1 aliphatic heterocycles. The Bertz CT molecular complexity index is 420. The Hall–Kier alpha value is -1.49. The Morgan fingerprint density at radius 3 is 2.67 bits per heavy atom. The summed E-state index contributed by atoms with van der Waals surface area (Å²) in [5, 5.41) is 4.43. The number of para-hydroxylation sites is 1. The average Bonchev–Trinajstić information content (AvgIpc) is 2.49. The molecule has 1 aromatic rings. The number of nitrogens with one attached hydrogen (secondary N) is 2. The van der Waals surface area contributed by atoms with Crippen molar-refractivity contribution in [2.45, 2.75) is 12.3 Å². The first-order valence-electron chi connectivity index (χ1n) is 4.50. The Kier molecular flexibility index (Phi) is 2.64. The van der Waals surface area contributed by atoms with Crippen LogP contribution in [0.2, 0.25) is 0 Å². The minimum atomic E-state index is -0.515. The zero-order chi connectivity index (χ0) is 10.8. The molecule has 1 heterocycles. The highest BCUT2D eigenvalue weighted by Crippen LogP contribution is 2.23. The van der Waals surface area contributed by atoms with Crippen LogP contribution in [0.15, 0.2) is 24.3 Å². The molecule has 0 saturated carbocycles. The van der Waals surface area contributed by atoms with Crippen molar-refractivity contribution in [3.05, 3.63) is 29.8 Å². The van der Waals surface area contributed by atoms with E-state index in [9.17, 15) is 9.59 Å². The standard InChI is InChI=1S/C10H10N2O2S/c1-6-4-2-3-5-7(6)11-9-8(13)12-10(14)15-9/h2-5,9,11H,1H3,(H,12,13,14)/t9-/m1/s1. The van der Waals surface area contributed by atoms with E-state index in [1.54, 1.807) is 0 Å². The Morgan fingerprint density at radius 2 is 2.07 bits per heavy atom. The zero-order valence-electron chi connectivity index (χ0n) is 8.11. The molecule has 2 amide bonds. The summed E-state index contributed by atoms with van der Waals surface area (Å²) in [5.41, 5.74) is 1.92. The summed E-state index contributed by atoms with van der Waals surface area (Å²) >= 11 is 0.967. The van der Waals surface area contributed by atoms with Crippen LogP contribution >= 0.6 is 11.8 Å². The topological polar surface area (TPSA) is 58.2 Å². The van der Waals surface area contributed by atoms with Crippen LogP contribution in [0.3, 0.4) is 0 Å². The van der Waals surface area contributed by atoms with Gasteiger partial charge in [0.1, 0.15) is 0 Å². The highest BCUT2D eigenvalue weighted by atomic mass is 32.2. The third-order valence-electron chi connectivity index (χ3n) is 2.12. The fraction of sp³-hybridized carbons (Fsp3) is 0.200. The molecule has 1 atom stereocenters. The van der Waals surface area contributed by atoms with E-state index >= 15 is 0 Å². The maximum atomic E-state index is 11.3. The molecule has 1 aromatic carbocycles. The Labute approximate surface area is 91.4 Å². The van der Waals surface area contributed by atoms with Gasteiger partial charge >= 0.3 is 0 Å². The van der Waals surface area contributed by atoms with Crippen molar-refractivity contribution in [2.24, 2.45) is 0 Å². The maximum Gasteiger partial charge on any atom is 0.288 e. The summed E-state index contributed by atoms with van der Waals surface area (Å²) in [6.45, 7) is 1.95. The monoisotopic (exact) mass is 222 g/mol. The molecule has 0 radical (unpaired) electrons. The molecular formula is C10H10N2O2S. The third kappa shape index (κ3) is 2.12. The number of hydrogen-bond acceptors (Lipinski definition) is 4. The van der Waals surface area contributed by atoms with Gasteiger partial charge in [0.05, 0.1) is 0 Å². The summed E-state index contributed by atoms with van der Waals surface area (Å²) in [7, 11) is 0. The van der Waals surface area contributed by atoms with Gasteiger partial charge < -0.3 is 5.32 Å². The number of imide groups is 1. The highest BCUT2D eigenvalue weighted by Gasteiger charge is 2.31. The molecule has 1 aliphatic rings. The van der Waals surface area contributed by atoms with Crippen LogP contribution in [0.1, 0.15) is 5.56 Å². The Morgan fingerprint density at radius 1 is 1.33 bits per heavy atom. The van der Waals surface area contributed by atoms with Crippen LogP contribution in [-0.2, 0) is 4.79 Å². The summed E-state index contributed by atoms with van der Waals surface area (Å²) in [4.78, 5) is 22.2. The number of anilines is 1. The van der Waals surface area contributed by atoms with Gasteiger partial charge in [-0.25, -0.2) is 0 Å². The van der Waals surface area contributed by atoms with Gasteiger partial charge in [-0.1, -0.05) is 18.2 Å². The first-order chi connectivity index (χ1) is 7.16. The molecule has 0 aliphatic carbocycles. The molecule has 5 heteroatoms. The number of benzene rings is 1. The number of hydrogen-bond donors (Lipinski definition) is 2. The predicted octanol–water partition coefficient (Wildman–Crippen LogP) is 1.72. The van der Waals surface area contributed by atoms with Crippen LogP contribution in [0.4, 0.5) is 10.5 Å². The molecule has 1 saturated heterocycles. The average molecular weight is 222 g/mol. The number of carbonyl (C=O) groups excluding carboxylic acids is 2. The molecule has 0 bridgehead atoms. The van der Waals surface area contributed by atoms with Crippen molar-refractivity contribution in [1.82, 2.24) is 5.32 Å². The fourth-order valence-electron chi connectivity index (χ4n) is 1.33. The molecule has 2 rings (SSSR count). The molecule has 15 heavy (non-hydrogen) atoms. The highest BCUT2D eigenvalue weighted by molar-refractivity contribution is 8.15. The van der Waals surface area contributed by atoms with E-state index in [0.717, 1.165) is 23.0 Å². The first kappa shape index (κ1) is 10.0. The molecule has 78 valence electrons. The van der Waals surface area contributed by atoms with Crippen LogP contribution in [0.25, 0.3) is 0 Å². The van der Waals surface area contributed by atoms with Crippen molar-refractivity contribution in [1.29, 1.82) is 0 Å². The first-order valence-corrected chi connectivity index (χ1v) is 5.38. The third-order valence-corrected chi connectivity index (χ3v) is 3.00. The minimum absolute atomic E-state index is 0.284. The fourth-order valence-corrected chi connectivity index (χ4v) is 2.05. The van der Waals surface area contributed by atoms with Gasteiger partial charge in [0.15, 0.2) is 5.37 Å². The zero-order valence-corrected chi connectivity index (χ0v) is 8.93. The van der Waals surface area contributed by atoms with Crippen LogP contribution in [0, 0.1) is 6.92 Å². The Balaban J connectivity index is 2.13. The summed E-state index contributed by atoms with van der Waals surface area (Å²) in [6.07, 6.45) is 0. The lowest BCUT2D eigenvalue weighted by molar-refractivity contribution is -0.118. The van der Waals surface area contributed by atoms with Crippen molar-refractivity contribution < 1.29 is 9.59 Å². The van der Waals surface area contributed by atoms with Crippen molar-refractivity contribution >= 4 is 28.6 Å². The van der Waals surface area contributed by atoms with Gasteiger partial charge in [-0.2, -0.15) is 0 Å². The lowest BCUT2D eigenvalue weighted by Gasteiger charge is -2.11. The van der Waals surface area contributed by atoms with Crippen LogP contribution in [-0.4, -0.2) is 16.5 Å². The second kappa shape index (κ2) is 3.94. The smallest absolute Gasteiger partial charge is 0.288 e. The quantitative estimate of drug-likeness (QED) is 0.800. The van der Waals surface area contributed by atoms with E-state index in [4.69, 9.17) is 0 Å². The van der Waals surface area contributed by atoms with E-state index in [-0.39, 0.29) is 11.1 Å². The number of thioether (sulfide) groups is 1. The molecule has 4 nitrogen and oxygen atoms in total. The van der Waals surface area contributed by atoms with E-state index in [1.165, 1.54) is 0 Å². The largest absolute Gasteiger partial charge is 0.365 e. The number of rotatable bonds is 2. The molecule has 2 N–H and O–H groups in total. The lowest BCUT2D eigenvalue weighted by Crippen LogP contribution is -2.29. The molecule has 0 spiro atoms. The summed E-state index contributed by atoms with van der Waals surface area (Å²) in [6, 6.07) is 7.63. The van der Waals surface area contributed by atoms with E-state index in [0.29, 0.717) is 0 Å². The van der Waals surface area contributed by atoms with E-state index in [2.05, 4.69) is 10.6 Å². The molecule has 0 unspecified atom stereocenters. The van der Waals surface area contributed by atoms with Gasteiger partial charge in [-0.3, -0.25) is 14.9 Å². The summed E-state index contributed by atoms with van der Waals surface area (Å²) in [5.74, 6) is -0.284. The lowest BCUT2D eigenvalue weighted by atomic mass is 10.2. The number of carbonyl (C=O) groups is 2. The number of aryl methyl sites for hydroxylation is 1. The second-order valence-electron chi connectivity index (χ2n) is 3.23. The number of amides is 2. The van der Waals surface area contributed by atoms with Gasteiger partial charge in [-0.05, 0) is 30.3 Å². The van der Waals surface area contributed by atoms with Crippen molar-refractivity contribution in [3.8, 4) is 0 Å².